The molecule has 0 radical (unpaired) electrons. The largest absolute Gasteiger partial charge is 0.462 e. The van der Waals surface area contributed by atoms with E-state index in [1.165, 1.54) is 0 Å². The summed E-state index contributed by atoms with van der Waals surface area (Å²) in [6, 6.07) is 0. The Morgan fingerprint density at radius 2 is 2.44 bits per heavy atom. The van der Waals surface area contributed by atoms with Gasteiger partial charge in [0.25, 0.3) is 0 Å². The molecule has 1 heterocycles. The molecule has 2 nitrogen and oxygen atoms in total. The summed E-state index contributed by atoms with van der Waals surface area (Å²) >= 11 is 0. The topological polar surface area (TPSA) is 26.3 Å². The van der Waals surface area contributed by atoms with Crippen LogP contribution in [0.15, 0.2) is 0 Å². The van der Waals surface area contributed by atoms with Gasteiger partial charge in [0.2, 0.25) is 0 Å². The highest BCUT2D eigenvalue weighted by atomic mass is 16.5. The summed E-state index contributed by atoms with van der Waals surface area (Å²) in [5.41, 5.74) is 0. The molecule has 1 saturated heterocycles. The van der Waals surface area contributed by atoms with Crippen molar-refractivity contribution < 1.29 is 9.53 Å². The lowest BCUT2D eigenvalue weighted by Gasteiger charge is -1.95. The van der Waals surface area contributed by atoms with Crippen molar-refractivity contribution in [3.05, 3.63) is 0 Å². The van der Waals surface area contributed by atoms with Gasteiger partial charge in [-0.3, -0.25) is 4.79 Å². The average molecular weight is 128 g/mol. The lowest BCUT2D eigenvalue weighted by molar-refractivity contribution is -0.143. The summed E-state index contributed by atoms with van der Waals surface area (Å²) in [4.78, 5) is 10.8. The van der Waals surface area contributed by atoms with Gasteiger partial charge in [-0.05, 0) is 19.8 Å². The molecule has 0 amide bonds. The summed E-state index contributed by atoms with van der Waals surface area (Å²) in [5.74, 6) is 0.171. The van der Waals surface area contributed by atoms with Gasteiger partial charge in [0.1, 0.15) is 0 Å². The van der Waals surface area contributed by atoms with Gasteiger partial charge in [-0.15, -0.1) is 0 Å². The van der Waals surface area contributed by atoms with E-state index in [2.05, 4.69) is 0 Å². The number of hydrogen-bond donors (Lipinski definition) is 0. The molecule has 52 valence electrons. The zero-order valence-electron chi connectivity index (χ0n) is 5.89. The Morgan fingerprint density at radius 3 is 2.67 bits per heavy atom. The smallest absolute Gasteiger partial charge is 0.309 e. The van der Waals surface area contributed by atoms with Crippen molar-refractivity contribution in [3.8, 4) is 0 Å². The number of carbonyl (C=O) groups excluding carboxylic acids is 1. The summed E-state index contributed by atoms with van der Waals surface area (Å²) in [6.07, 6.45) is 1.99. The summed E-state index contributed by atoms with van der Waals surface area (Å²) in [5, 5.41) is 0. The number of carbonyl (C=O) groups is 1. The van der Waals surface area contributed by atoms with Gasteiger partial charge in [0.15, 0.2) is 0 Å². The Balaban J connectivity index is 2.48. The lowest BCUT2D eigenvalue weighted by Crippen LogP contribution is -2.05. The van der Waals surface area contributed by atoms with E-state index in [1.807, 2.05) is 13.8 Å². The van der Waals surface area contributed by atoms with E-state index in [-0.39, 0.29) is 18.0 Å². The van der Waals surface area contributed by atoms with E-state index < -0.39 is 0 Å². The standard InChI is InChI=1S/C7H12O2/c1-3-6-4-5(2)9-7(6)8/h5-6H,3-4H2,1-2H3/t5-,6?/m0/s1. The molecule has 0 aromatic carbocycles. The van der Waals surface area contributed by atoms with Crippen LogP contribution in [0.3, 0.4) is 0 Å². The highest BCUT2D eigenvalue weighted by Crippen LogP contribution is 2.22. The molecule has 1 aliphatic heterocycles. The molecule has 0 aliphatic carbocycles. The Morgan fingerprint density at radius 1 is 1.78 bits per heavy atom. The summed E-state index contributed by atoms with van der Waals surface area (Å²) in [6.45, 7) is 3.96. The van der Waals surface area contributed by atoms with Crippen molar-refractivity contribution in [1.82, 2.24) is 0 Å². The van der Waals surface area contributed by atoms with E-state index in [4.69, 9.17) is 4.74 Å². The van der Waals surface area contributed by atoms with E-state index >= 15 is 0 Å². The molecule has 0 saturated carbocycles. The van der Waals surface area contributed by atoms with E-state index in [0.29, 0.717) is 0 Å². The first-order valence-corrected chi connectivity index (χ1v) is 3.44. The third-order valence-corrected chi connectivity index (χ3v) is 1.76. The molecule has 9 heavy (non-hydrogen) atoms. The molecular formula is C7H12O2. The SMILES string of the molecule is CCC1C[C@H](C)OC1=O. The maximum absolute atomic E-state index is 10.8. The maximum atomic E-state index is 10.8. The Labute approximate surface area is 55.2 Å². The highest BCUT2D eigenvalue weighted by Gasteiger charge is 2.29. The molecule has 0 spiro atoms. The van der Waals surface area contributed by atoms with Crippen LogP contribution in [0.2, 0.25) is 0 Å². The molecule has 2 atom stereocenters. The number of esters is 1. The quantitative estimate of drug-likeness (QED) is 0.498. The second-order valence-corrected chi connectivity index (χ2v) is 2.59. The first-order chi connectivity index (χ1) is 4.24. The minimum atomic E-state index is -0.00926. The lowest BCUT2D eigenvalue weighted by atomic mass is 10.0. The third kappa shape index (κ3) is 1.23. The van der Waals surface area contributed by atoms with Crippen molar-refractivity contribution in [2.24, 2.45) is 5.92 Å². The fourth-order valence-corrected chi connectivity index (χ4v) is 1.17. The maximum Gasteiger partial charge on any atom is 0.309 e. The minimum Gasteiger partial charge on any atom is -0.462 e. The van der Waals surface area contributed by atoms with Crippen molar-refractivity contribution in [2.45, 2.75) is 32.8 Å². The highest BCUT2D eigenvalue weighted by molar-refractivity contribution is 5.74. The predicted molar refractivity (Wildman–Crippen MR) is 34.0 cm³/mol. The van der Waals surface area contributed by atoms with Gasteiger partial charge in [-0.1, -0.05) is 6.92 Å². The molecule has 1 rings (SSSR count). The molecule has 0 N–H and O–H groups in total. The predicted octanol–water partition coefficient (Wildman–Crippen LogP) is 1.35. The van der Waals surface area contributed by atoms with Crippen LogP contribution in [-0.2, 0) is 9.53 Å². The van der Waals surface area contributed by atoms with Crippen molar-refractivity contribution in [2.75, 3.05) is 0 Å². The third-order valence-electron chi connectivity index (χ3n) is 1.76. The van der Waals surface area contributed by atoms with Crippen LogP contribution in [0.25, 0.3) is 0 Å². The Kier molecular flexibility index (Phi) is 1.74. The minimum absolute atomic E-state index is 0.00926. The van der Waals surface area contributed by atoms with Crippen LogP contribution in [0.1, 0.15) is 26.7 Å². The van der Waals surface area contributed by atoms with Crippen LogP contribution in [0, 0.1) is 5.92 Å². The van der Waals surface area contributed by atoms with Gasteiger partial charge >= 0.3 is 5.97 Å². The fourth-order valence-electron chi connectivity index (χ4n) is 1.17. The Bertz CT molecular complexity index is 120. The molecule has 1 aliphatic rings. The normalized spacial score (nSPS) is 34.7. The number of hydrogen-bond acceptors (Lipinski definition) is 2. The second-order valence-electron chi connectivity index (χ2n) is 2.59. The van der Waals surface area contributed by atoms with Gasteiger partial charge in [0.05, 0.1) is 12.0 Å². The molecule has 0 bridgehead atoms. The second kappa shape index (κ2) is 2.38. The van der Waals surface area contributed by atoms with Crippen LogP contribution in [0.5, 0.6) is 0 Å². The zero-order chi connectivity index (χ0) is 6.85. The first-order valence-electron chi connectivity index (χ1n) is 3.44. The van der Waals surface area contributed by atoms with Gasteiger partial charge in [-0.25, -0.2) is 0 Å². The van der Waals surface area contributed by atoms with Crippen molar-refractivity contribution >= 4 is 5.97 Å². The number of ether oxygens (including phenoxy) is 1. The number of cyclic esters (lactones) is 1. The monoisotopic (exact) mass is 128 g/mol. The van der Waals surface area contributed by atoms with Crippen LogP contribution < -0.4 is 0 Å². The summed E-state index contributed by atoms with van der Waals surface area (Å²) < 4.78 is 4.93. The molecular weight excluding hydrogens is 116 g/mol. The zero-order valence-corrected chi connectivity index (χ0v) is 5.89. The van der Waals surface area contributed by atoms with E-state index in [1.54, 1.807) is 0 Å². The van der Waals surface area contributed by atoms with Crippen LogP contribution >= 0.6 is 0 Å². The number of rotatable bonds is 1. The van der Waals surface area contributed by atoms with Crippen molar-refractivity contribution in [1.29, 1.82) is 0 Å². The van der Waals surface area contributed by atoms with Crippen LogP contribution in [0.4, 0.5) is 0 Å². The first kappa shape index (κ1) is 6.59. The van der Waals surface area contributed by atoms with Gasteiger partial charge in [-0.2, -0.15) is 0 Å². The molecule has 1 unspecified atom stereocenters. The molecule has 0 aromatic heterocycles. The Hall–Kier alpha value is -0.530. The fraction of sp³-hybridized carbons (Fsp3) is 0.857. The average Bonchev–Trinajstić information content (AvgIpc) is 2.10. The van der Waals surface area contributed by atoms with Gasteiger partial charge < -0.3 is 4.74 Å². The van der Waals surface area contributed by atoms with Gasteiger partial charge in [0, 0.05) is 0 Å². The molecule has 1 fully saturated rings. The van der Waals surface area contributed by atoms with E-state index in [9.17, 15) is 4.79 Å². The molecule has 0 aromatic rings. The molecule has 2 heteroatoms. The van der Waals surface area contributed by atoms with E-state index in [0.717, 1.165) is 12.8 Å². The summed E-state index contributed by atoms with van der Waals surface area (Å²) in [7, 11) is 0. The van der Waals surface area contributed by atoms with Crippen molar-refractivity contribution in [3.63, 3.8) is 0 Å². The van der Waals surface area contributed by atoms with Crippen LogP contribution in [-0.4, -0.2) is 12.1 Å².